The molecule has 188 valence electrons. The van der Waals surface area contributed by atoms with Crippen molar-refractivity contribution in [1.82, 2.24) is 4.57 Å². The minimum absolute atomic E-state index is 0.863. The standard InChI is InChI=1S/C32H38N2O2/c1-6-28(30-23-34(22-10-9-21-33(2)3)31-12-8-7-11-29(30)31)32(24-13-17-26(35-4)18-14-24)25-15-19-27(36-5)20-16-25/h7-8,11-20,23H,6,9-10,21-22H2,1-5H3/p+1. The molecule has 0 spiro atoms. The summed E-state index contributed by atoms with van der Waals surface area (Å²) in [4.78, 5) is 1.51. The summed E-state index contributed by atoms with van der Waals surface area (Å²) in [6.07, 6.45) is 5.70. The van der Waals surface area contributed by atoms with E-state index >= 15 is 0 Å². The molecule has 1 N–H and O–H groups in total. The van der Waals surface area contributed by atoms with Gasteiger partial charge in [0.05, 0.1) is 34.9 Å². The molecule has 4 nitrogen and oxygen atoms in total. The maximum absolute atomic E-state index is 5.44. The second-order valence-corrected chi connectivity index (χ2v) is 9.58. The fraction of sp³-hybridized carbons (Fsp3) is 0.312. The SMILES string of the molecule is CCC(=C(c1ccc(OC)cc1)c1ccc(OC)cc1)c1cn(CCCC[NH+](C)C)c2ccccc12. The zero-order valence-electron chi connectivity index (χ0n) is 22.3. The molecule has 0 amide bonds. The molecule has 4 rings (SSSR count). The third-order valence-electron chi connectivity index (χ3n) is 6.85. The first-order chi connectivity index (χ1) is 17.5. The molecule has 0 radical (unpaired) electrons. The Hall–Kier alpha value is -3.50. The molecule has 4 heteroatoms. The number of nitrogens with one attached hydrogen (secondary N) is 1. The molecule has 4 aromatic rings. The quantitative estimate of drug-likeness (QED) is 0.267. The number of rotatable bonds is 11. The van der Waals surface area contributed by atoms with Crippen molar-refractivity contribution in [2.24, 2.45) is 0 Å². The number of unbranched alkanes of at least 4 members (excludes halogenated alkanes) is 1. The van der Waals surface area contributed by atoms with Crippen LogP contribution in [0.3, 0.4) is 0 Å². The first-order valence-electron chi connectivity index (χ1n) is 12.9. The number of ether oxygens (including phenoxy) is 2. The number of quaternary nitrogens is 1. The molecule has 1 aromatic heterocycles. The molecule has 0 aliphatic heterocycles. The molecule has 0 bridgehead atoms. The highest BCUT2D eigenvalue weighted by molar-refractivity contribution is 6.05. The summed E-state index contributed by atoms with van der Waals surface area (Å²) in [5.41, 5.74) is 7.58. The van der Waals surface area contributed by atoms with Gasteiger partial charge in [-0.1, -0.05) is 49.4 Å². The van der Waals surface area contributed by atoms with E-state index in [1.54, 1.807) is 14.2 Å². The molecular weight excluding hydrogens is 444 g/mol. The predicted octanol–water partition coefficient (Wildman–Crippen LogP) is 5.95. The summed E-state index contributed by atoms with van der Waals surface area (Å²) in [5.74, 6) is 1.73. The summed E-state index contributed by atoms with van der Waals surface area (Å²) < 4.78 is 13.3. The molecule has 0 aliphatic carbocycles. The van der Waals surface area contributed by atoms with Crippen molar-refractivity contribution in [1.29, 1.82) is 0 Å². The Kier molecular flexibility index (Phi) is 8.50. The molecule has 0 fully saturated rings. The smallest absolute Gasteiger partial charge is 0.118 e. The molecule has 3 aromatic carbocycles. The number of para-hydroxylation sites is 1. The van der Waals surface area contributed by atoms with Crippen LogP contribution < -0.4 is 14.4 Å². The van der Waals surface area contributed by atoms with Crippen LogP contribution >= 0.6 is 0 Å². The maximum Gasteiger partial charge on any atom is 0.118 e. The van der Waals surface area contributed by atoms with Crippen molar-refractivity contribution < 1.29 is 14.4 Å². The minimum Gasteiger partial charge on any atom is -0.497 e. The van der Waals surface area contributed by atoms with Gasteiger partial charge < -0.3 is 18.9 Å². The summed E-state index contributed by atoms with van der Waals surface area (Å²) in [6, 6.07) is 25.6. The van der Waals surface area contributed by atoms with E-state index < -0.39 is 0 Å². The molecular formula is C32H39N2O2+. The van der Waals surface area contributed by atoms with Gasteiger partial charge in [-0.2, -0.15) is 0 Å². The summed E-state index contributed by atoms with van der Waals surface area (Å²) >= 11 is 0. The van der Waals surface area contributed by atoms with Gasteiger partial charge in [0.1, 0.15) is 11.5 Å². The Balaban J connectivity index is 1.87. The van der Waals surface area contributed by atoms with E-state index in [0.717, 1.165) is 24.5 Å². The molecule has 0 unspecified atom stereocenters. The van der Waals surface area contributed by atoms with Crippen LogP contribution in [0.5, 0.6) is 11.5 Å². The van der Waals surface area contributed by atoms with Crippen LogP contribution in [0, 0.1) is 0 Å². The van der Waals surface area contributed by atoms with E-state index in [1.165, 1.54) is 63.0 Å². The summed E-state index contributed by atoms with van der Waals surface area (Å²) in [5, 5.41) is 1.31. The predicted molar refractivity (Wildman–Crippen MR) is 151 cm³/mol. The average molecular weight is 484 g/mol. The summed E-state index contributed by atoms with van der Waals surface area (Å²) in [6.45, 7) is 4.49. The maximum atomic E-state index is 5.44. The highest BCUT2D eigenvalue weighted by atomic mass is 16.5. The molecule has 0 atom stereocenters. The zero-order chi connectivity index (χ0) is 25.5. The zero-order valence-corrected chi connectivity index (χ0v) is 22.3. The van der Waals surface area contributed by atoms with E-state index in [1.807, 2.05) is 24.3 Å². The van der Waals surface area contributed by atoms with Gasteiger partial charge >= 0.3 is 0 Å². The Morgan fingerprint density at radius 3 is 1.89 bits per heavy atom. The van der Waals surface area contributed by atoms with Crippen molar-refractivity contribution in [3.8, 4) is 11.5 Å². The Labute approximate surface area is 215 Å². The first-order valence-corrected chi connectivity index (χ1v) is 12.9. The van der Waals surface area contributed by atoms with Gasteiger partial charge in [-0.15, -0.1) is 0 Å². The molecule has 1 heterocycles. The number of nitrogens with zero attached hydrogens (tertiary/aromatic N) is 1. The normalized spacial score (nSPS) is 11.2. The second kappa shape index (κ2) is 12.0. The van der Waals surface area contributed by atoms with Crippen LogP contribution in [0.2, 0.25) is 0 Å². The fourth-order valence-corrected chi connectivity index (χ4v) is 4.97. The minimum atomic E-state index is 0.863. The number of aromatic nitrogens is 1. The van der Waals surface area contributed by atoms with Gasteiger partial charge in [0.25, 0.3) is 0 Å². The molecule has 0 saturated heterocycles. The lowest BCUT2D eigenvalue weighted by Gasteiger charge is -2.16. The number of allylic oxidation sites excluding steroid dienone is 1. The van der Waals surface area contributed by atoms with E-state index in [0.29, 0.717) is 0 Å². The van der Waals surface area contributed by atoms with E-state index in [2.05, 4.69) is 80.3 Å². The largest absolute Gasteiger partial charge is 0.497 e. The first kappa shape index (κ1) is 25.6. The van der Waals surface area contributed by atoms with Crippen molar-refractivity contribution in [3.05, 3.63) is 95.7 Å². The Morgan fingerprint density at radius 2 is 1.36 bits per heavy atom. The van der Waals surface area contributed by atoms with Gasteiger partial charge in [-0.3, -0.25) is 0 Å². The van der Waals surface area contributed by atoms with Crippen LogP contribution in [0.15, 0.2) is 79.0 Å². The monoisotopic (exact) mass is 483 g/mol. The fourth-order valence-electron chi connectivity index (χ4n) is 4.97. The number of hydrogen-bond donors (Lipinski definition) is 1. The molecule has 0 aliphatic rings. The van der Waals surface area contributed by atoms with Crippen LogP contribution in [0.4, 0.5) is 0 Å². The lowest BCUT2D eigenvalue weighted by molar-refractivity contribution is -0.858. The highest BCUT2D eigenvalue weighted by Gasteiger charge is 2.18. The third-order valence-corrected chi connectivity index (χ3v) is 6.85. The second-order valence-electron chi connectivity index (χ2n) is 9.58. The van der Waals surface area contributed by atoms with Crippen molar-refractivity contribution in [3.63, 3.8) is 0 Å². The van der Waals surface area contributed by atoms with Gasteiger partial charge in [0.15, 0.2) is 0 Å². The molecule has 36 heavy (non-hydrogen) atoms. The topological polar surface area (TPSA) is 27.8 Å². The van der Waals surface area contributed by atoms with Crippen LogP contribution in [0.1, 0.15) is 42.9 Å². The van der Waals surface area contributed by atoms with Crippen LogP contribution in [0.25, 0.3) is 22.0 Å². The highest BCUT2D eigenvalue weighted by Crippen LogP contribution is 2.39. The van der Waals surface area contributed by atoms with Crippen LogP contribution in [-0.4, -0.2) is 39.4 Å². The van der Waals surface area contributed by atoms with Gasteiger partial charge in [-0.05, 0) is 71.9 Å². The number of aryl methyl sites for hydroxylation is 1. The third kappa shape index (κ3) is 5.66. The summed E-state index contributed by atoms with van der Waals surface area (Å²) in [7, 11) is 7.87. The lowest BCUT2D eigenvalue weighted by atomic mass is 9.88. The Bertz CT molecular complexity index is 1250. The average Bonchev–Trinajstić information content (AvgIpc) is 3.28. The van der Waals surface area contributed by atoms with Gasteiger partial charge in [0.2, 0.25) is 0 Å². The van der Waals surface area contributed by atoms with E-state index in [4.69, 9.17) is 9.47 Å². The van der Waals surface area contributed by atoms with E-state index in [-0.39, 0.29) is 0 Å². The number of benzene rings is 3. The lowest BCUT2D eigenvalue weighted by Crippen LogP contribution is -3.05. The van der Waals surface area contributed by atoms with Crippen molar-refractivity contribution >= 4 is 22.0 Å². The number of methoxy groups -OCH3 is 2. The van der Waals surface area contributed by atoms with Gasteiger partial charge in [0, 0.05) is 29.2 Å². The molecule has 0 saturated carbocycles. The van der Waals surface area contributed by atoms with Gasteiger partial charge in [-0.25, -0.2) is 0 Å². The number of fused-ring (bicyclic) bond motifs is 1. The van der Waals surface area contributed by atoms with Crippen molar-refractivity contribution in [2.45, 2.75) is 32.7 Å². The van der Waals surface area contributed by atoms with Crippen LogP contribution in [-0.2, 0) is 6.54 Å². The number of hydrogen-bond acceptors (Lipinski definition) is 2. The Morgan fingerprint density at radius 1 is 0.778 bits per heavy atom. The van der Waals surface area contributed by atoms with Crippen molar-refractivity contribution in [2.75, 3.05) is 34.9 Å². The van der Waals surface area contributed by atoms with E-state index in [9.17, 15) is 0 Å².